The Morgan fingerprint density at radius 2 is 2.00 bits per heavy atom. The molecule has 2 aromatic rings. The molecule has 0 spiro atoms. The van der Waals surface area contributed by atoms with Gasteiger partial charge < -0.3 is 14.2 Å². The van der Waals surface area contributed by atoms with E-state index in [9.17, 15) is 0 Å². The number of pyridine rings is 1. The SMILES string of the molecule is Cn1c(Cc2ccncc2)nnc1N1CCOC(C)(C)C1. The van der Waals surface area contributed by atoms with E-state index < -0.39 is 0 Å². The lowest BCUT2D eigenvalue weighted by atomic mass is 10.1. The van der Waals surface area contributed by atoms with Gasteiger partial charge in [-0.3, -0.25) is 4.98 Å². The monoisotopic (exact) mass is 287 g/mol. The maximum Gasteiger partial charge on any atom is 0.227 e. The van der Waals surface area contributed by atoms with Gasteiger partial charge in [-0.25, -0.2) is 0 Å². The molecule has 1 aliphatic rings. The summed E-state index contributed by atoms with van der Waals surface area (Å²) in [5.74, 6) is 1.87. The second-order valence-electron chi connectivity index (χ2n) is 6.04. The van der Waals surface area contributed by atoms with Crippen LogP contribution in [0.25, 0.3) is 0 Å². The molecule has 21 heavy (non-hydrogen) atoms. The molecule has 0 unspecified atom stereocenters. The van der Waals surface area contributed by atoms with E-state index in [0.29, 0.717) is 0 Å². The lowest BCUT2D eigenvalue weighted by molar-refractivity contribution is -0.0282. The van der Waals surface area contributed by atoms with Crippen LogP contribution in [0, 0.1) is 0 Å². The Labute approximate surface area is 124 Å². The molecule has 112 valence electrons. The molecule has 6 nitrogen and oxygen atoms in total. The molecule has 1 saturated heterocycles. The number of aromatic nitrogens is 4. The Hall–Kier alpha value is -1.95. The Morgan fingerprint density at radius 3 is 2.71 bits per heavy atom. The summed E-state index contributed by atoms with van der Waals surface area (Å²) in [5.41, 5.74) is 1.05. The van der Waals surface area contributed by atoms with Crippen LogP contribution >= 0.6 is 0 Å². The molecule has 1 aliphatic heterocycles. The van der Waals surface area contributed by atoms with Crippen LogP contribution in [0.1, 0.15) is 25.2 Å². The molecule has 0 radical (unpaired) electrons. The third-order valence-electron chi connectivity index (χ3n) is 3.76. The zero-order valence-corrected chi connectivity index (χ0v) is 12.8. The summed E-state index contributed by atoms with van der Waals surface area (Å²) in [6.45, 7) is 6.61. The van der Waals surface area contributed by atoms with Crippen molar-refractivity contribution in [2.45, 2.75) is 25.9 Å². The van der Waals surface area contributed by atoms with Crippen molar-refractivity contribution in [1.29, 1.82) is 0 Å². The van der Waals surface area contributed by atoms with Gasteiger partial charge in [0, 0.05) is 39.0 Å². The Balaban J connectivity index is 1.79. The van der Waals surface area contributed by atoms with Gasteiger partial charge in [-0.2, -0.15) is 0 Å². The summed E-state index contributed by atoms with van der Waals surface area (Å²) in [7, 11) is 2.02. The van der Waals surface area contributed by atoms with Gasteiger partial charge in [0.25, 0.3) is 0 Å². The van der Waals surface area contributed by atoms with Crippen molar-refractivity contribution < 1.29 is 4.74 Å². The number of nitrogens with zero attached hydrogens (tertiary/aromatic N) is 5. The van der Waals surface area contributed by atoms with Crippen molar-refractivity contribution in [3.8, 4) is 0 Å². The summed E-state index contributed by atoms with van der Waals surface area (Å²) >= 11 is 0. The van der Waals surface area contributed by atoms with Gasteiger partial charge in [-0.05, 0) is 31.5 Å². The maximum atomic E-state index is 5.75. The van der Waals surface area contributed by atoms with Gasteiger partial charge in [0.05, 0.1) is 12.2 Å². The molecular formula is C15H21N5O. The van der Waals surface area contributed by atoms with Gasteiger partial charge >= 0.3 is 0 Å². The summed E-state index contributed by atoms with van der Waals surface area (Å²) in [6, 6.07) is 4.01. The van der Waals surface area contributed by atoms with Crippen LogP contribution in [0.3, 0.4) is 0 Å². The highest BCUT2D eigenvalue weighted by Gasteiger charge is 2.29. The number of anilines is 1. The minimum Gasteiger partial charge on any atom is -0.372 e. The maximum absolute atomic E-state index is 5.75. The van der Waals surface area contributed by atoms with Crippen molar-refractivity contribution in [2.24, 2.45) is 7.05 Å². The van der Waals surface area contributed by atoms with E-state index in [4.69, 9.17) is 4.74 Å². The van der Waals surface area contributed by atoms with Crippen LogP contribution in [0.4, 0.5) is 5.95 Å². The van der Waals surface area contributed by atoms with E-state index in [2.05, 4.69) is 38.5 Å². The van der Waals surface area contributed by atoms with E-state index in [-0.39, 0.29) is 5.60 Å². The lowest BCUT2D eigenvalue weighted by Crippen LogP contribution is -2.49. The van der Waals surface area contributed by atoms with Crippen LogP contribution in [0.2, 0.25) is 0 Å². The zero-order chi connectivity index (χ0) is 14.9. The van der Waals surface area contributed by atoms with Crippen LogP contribution in [0.15, 0.2) is 24.5 Å². The molecule has 0 N–H and O–H groups in total. The second-order valence-corrected chi connectivity index (χ2v) is 6.04. The summed E-state index contributed by atoms with van der Waals surface area (Å²) < 4.78 is 7.82. The molecule has 2 aromatic heterocycles. The first kappa shape index (κ1) is 14.0. The third-order valence-corrected chi connectivity index (χ3v) is 3.76. The predicted molar refractivity (Wildman–Crippen MR) is 80.3 cm³/mol. The molecule has 0 saturated carbocycles. The number of rotatable bonds is 3. The van der Waals surface area contributed by atoms with Gasteiger partial charge in [-0.1, -0.05) is 0 Å². The number of ether oxygens (including phenoxy) is 1. The first-order valence-corrected chi connectivity index (χ1v) is 7.21. The lowest BCUT2D eigenvalue weighted by Gasteiger charge is -2.38. The Morgan fingerprint density at radius 1 is 1.24 bits per heavy atom. The topological polar surface area (TPSA) is 56.1 Å². The molecule has 0 aliphatic carbocycles. The Kier molecular flexibility index (Phi) is 3.63. The summed E-state index contributed by atoms with van der Waals surface area (Å²) in [4.78, 5) is 6.28. The second kappa shape index (κ2) is 5.44. The molecule has 0 bridgehead atoms. The fraction of sp³-hybridized carbons (Fsp3) is 0.533. The van der Waals surface area contributed by atoms with E-state index in [1.165, 1.54) is 5.56 Å². The molecule has 0 amide bonds. The van der Waals surface area contributed by atoms with Gasteiger partial charge in [0.15, 0.2) is 0 Å². The molecule has 1 fully saturated rings. The van der Waals surface area contributed by atoms with Crippen LogP contribution in [-0.4, -0.2) is 45.0 Å². The van der Waals surface area contributed by atoms with E-state index >= 15 is 0 Å². The minimum atomic E-state index is -0.143. The quantitative estimate of drug-likeness (QED) is 0.854. The van der Waals surface area contributed by atoms with Crippen molar-refractivity contribution in [3.63, 3.8) is 0 Å². The van der Waals surface area contributed by atoms with Crippen molar-refractivity contribution in [3.05, 3.63) is 35.9 Å². The molecule has 6 heteroatoms. The largest absolute Gasteiger partial charge is 0.372 e. The average Bonchev–Trinajstić information content (AvgIpc) is 2.80. The van der Waals surface area contributed by atoms with E-state index in [1.54, 1.807) is 12.4 Å². The van der Waals surface area contributed by atoms with E-state index in [0.717, 1.165) is 37.9 Å². The summed E-state index contributed by atoms with van der Waals surface area (Å²) in [6.07, 6.45) is 4.37. The molecule has 0 aromatic carbocycles. The standard InChI is InChI=1S/C15H21N5O/c1-15(2)11-20(8-9-21-15)14-18-17-13(19(14)3)10-12-4-6-16-7-5-12/h4-7H,8-11H2,1-3H3. The highest BCUT2D eigenvalue weighted by molar-refractivity contribution is 5.33. The fourth-order valence-electron chi connectivity index (χ4n) is 2.65. The van der Waals surface area contributed by atoms with Crippen molar-refractivity contribution in [1.82, 2.24) is 19.7 Å². The predicted octanol–water partition coefficient (Wildman–Crippen LogP) is 1.42. The summed E-state index contributed by atoms with van der Waals surface area (Å²) in [5, 5.41) is 8.71. The number of hydrogen-bond donors (Lipinski definition) is 0. The van der Waals surface area contributed by atoms with Crippen LogP contribution < -0.4 is 4.90 Å². The average molecular weight is 287 g/mol. The van der Waals surface area contributed by atoms with Gasteiger partial charge in [0.1, 0.15) is 5.82 Å². The minimum absolute atomic E-state index is 0.143. The Bertz CT molecular complexity index is 608. The normalized spacial score (nSPS) is 18.0. The number of morpholine rings is 1. The third kappa shape index (κ3) is 3.05. The molecule has 3 heterocycles. The zero-order valence-electron chi connectivity index (χ0n) is 12.8. The molecule has 3 rings (SSSR count). The highest BCUT2D eigenvalue weighted by atomic mass is 16.5. The van der Waals surface area contributed by atoms with Gasteiger partial charge in [-0.15, -0.1) is 10.2 Å². The first-order valence-electron chi connectivity index (χ1n) is 7.21. The first-order chi connectivity index (χ1) is 10.1. The van der Waals surface area contributed by atoms with Gasteiger partial charge in [0.2, 0.25) is 5.95 Å². The highest BCUT2D eigenvalue weighted by Crippen LogP contribution is 2.22. The van der Waals surface area contributed by atoms with Crippen molar-refractivity contribution >= 4 is 5.95 Å². The van der Waals surface area contributed by atoms with Crippen LogP contribution in [-0.2, 0) is 18.2 Å². The van der Waals surface area contributed by atoms with Crippen molar-refractivity contribution in [2.75, 3.05) is 24.6 Å². The molecule has 0 atom stereocenters. The number of hydrogen-bond acceptors (Lipinski definition) is 5. The van der Waals surface area contributed by atoms with E-state index in [1.807, 2.05) is 19.2 Å². The molecular weight excluding hydrogens is 266 g/mol. The fourth-order valence-corrected chi connectivity index (χ4v) is 2.65. The van der Waals surface area contributed by atoms with Crippen LogP contribution in [0.5, 0.6) is 0 Å². The smallest absolute Gasteiger partial charge is 0.227 e.